The van der Waals surface area contributed by atoms with E-state index in [1.807, 2.05) is 13.5 Å². The zero-order chi connectivity index (χ0) is 11.7. The molecule has 0 rings (SSSR count). The molecular formula is C10H24O3SSi. The van der Waals surface area contributed by atoms with Gasteiger partial charge in [-0.15, -0.1) is 12.6 Å². The molecule has 5 heteroatoms. The molecule has 1 atom stereocenters. The van der Waals surface area contributed by atoms with Crippen molar-refractivity contribution in [1.29, 1.82) is 0 Å². The van der Waals surface area contributed by atoms with Gasteiger partial charge in [-0.2, -0.15) is 0 Å². The third-order valence-corrected chi connectivity index (χ3v) is 4.67. The number of thiol groups is 1. The van der Waals surface area contributed by atoms with Crippen LogP contribution < -0.4 is 0 Å². The smallest absolute Gasteiger partial charge is 0.374 e. The molecule has 92 valence electrons. The van der Waals surface area contributed by atoms with Gasteiger partial charge in [0.05, 0.1) is 5.44 Å². The summed E-state index contributed by atoms with van der Waals surface area (Å²) in [5.41, 5.74) is -0.0876. The van der Waals surface area contributed by atoms with Gasteiger partial charge in [-0.25, -0.2) is 0 Å². The summed E-state index contributed by atoms with van der Waals surface area (Å²) >= 11 is 4.32. The van der Waals surface area contributed by atoms with Crippen LogP contribution in [0.3, 0.4) is 0 Å². The first-order valence-electron chi connectivity index (χ1n) is 5.71. The van der Waals surface area contributed by atoms with Crippen molar-refractivity contribution in [3.05, 3.63) is 0 Å². The van der Waals surface area contributed by atoms with Gasteiger partial charge in [0.15, 0.2) is 0 Å². The molecule has 15 heavy (non-hydrogen) atoms. The first kappa shape index (κ1) is 15.4. The zero-order valence-corrected chi connectivity index (χ0v) is 12.2. The summed E-state index contributed by atoms with van der Waals surface area (Å²) in [5.74, 6) is 0. The van der Waals surface area contributed by atoms with Crippen LogP contribution in [0.4, 0.5) is 0 Å². The van der Waals surface area contributed by atoms with Gasteiger partial charge in [0, 0.05) is 19.8 Å². The van der Waals surface area contributed by atoms with E-state index in [0.29, 0.717) is 13.2 Å². The van der Waals surface area contributed by atoms with Crippen molar-refractivity contribution in [2.45, 2.75) is 52.0 Å². The third kappa shape index (κ3) is 7.35. The molecule has 0 fully saturated rings. The van der Waals surface area contributed by atoms with Gasteiger partial charge in [-0.05, 0) is 19.3 Å². The fourth-order valence-corrected chi connectivity index (χ4v) is 3.62. The predicted molar refractivity (Wildman–Crippen MR) is 68.3 cm³/mol. The second kappa shape index (κ2) is 8.58. The highest BCUT2D eigenvalue weighted by Crippen LogP contribution is 2.16. The second-order valence-corrected chi connectivity index (χ2v) is 6.65. The molecule has 0 aromatic heterocycles. The molecule has 0 aliphatic heterocycles. The molecule has 0 spiro atoms. The van der Waals surface area contributed by atoms with Crippen LogP contribution in [0.15, 0.2) is 0 Å². The average molecular weight is 252 g/mol. The van der Waals surface area contributed by atoms with Crippen molar-refractivity contribution in [3.63, 3.8) is 0 Å². The molecule has 0 bridgehead atoms. The molecule has 0 heterocycles. The number of hydrogen-bond acceptors (Lipinski definition) is 4. The van der Waals surface area contributed by atoms with Crippen LogP contribution in [0.25, 0.3) is 0 Å². The molecule has 0 aromatic rings. The Labute approximate surface area is 100 Å². The SMILES string of the molecule is CCCO[Si](C)(OCCC)OC(S)CC. The molecule has 0 aromatic carbocycles. The van der Waals surface area contributed by atoms with Crippen LogP contribution in [0.1, 0.15) is 40.0 Å². The highest BCUT2D eigenvalue weighted by Gasteiger charge is 2.36. The Hall–Kier alpha value is 0.447. The van der Waals surface area contributed by atoms with Gasteiger partial charge < -0.3 is 13.3 Å². The molecule has 0 amide bonds. The maximum atomic E-state index is 5.75. The van der Waals surface area contributed by atoms with Gasteiger partial charge in [0.25, 0.3) is 0 Å². The summed E-state index contributed by atoms with van der Waals surface area (Å²) < 4.78 is 17.1. The minimum Gasteiger partial charge on any atom is -0.374 e. The minimum absolute atomic E-state index is 0.0876. The lowest BCUT2D eigenvalue weighted by molar-refractivity contribution is 0.0573. The quantitative estimate of drug-likeness (QED) is 0.388. The van der Waals surface area contributed by atoms with Gasteiger partial charge in [-0.1, -0.05) is 20.8 Å². The van der Waals surface area contributed by atoms with Crippen molar-refractivity contribution in [2.24, 2.45) is 0 Å². The third-order valence-electron chi connectivity index (χ3n) is 1.84. The summed E-state index contributed by atoms with van der Waals surface area (Å²) in [6, 6.07) is 0. The summed E-state index contributed by atoms with van der Waals surface area (Å²) in [5, 5.41) is 0. The summed E-state index contributed by atoms with van der Waals surface area (Å²) in [6.45, 7) is 9.51. The molecule has 0 N–H and O–H groups in total. The lowest BCUT2D eigenvalue weighted by Crippen LogP contribution is -2.44. The number of hydrogen-bond donors (Lipinski definition) is 1. The number of rotatable bonds is 9. The van der Waals surface area contributed by atoms with E-state index >= 15 is 0 Å². The van der Waals surface area contributed by atoms with E-state index in [1.54, 1.807) is 0 Å². The van der Waals surface area contributed by atoms with E-state index in [4.69, 9.17) is 13.3 Å². The second-order valence-electron chi connectivity index (χ2n) is 3.54. The zero-order valence-electron chi connectivity index (χ0n) is 10.3. The molecule has 0 radical (unpaired) electrons. The monoisotopic (exact) mass is 252 g/mol. The first-order chi connectivity index (χ1) is 7.08. The lowest BCUT2D eigenvalue weighted by atomic mass is 10.5. The first-order valence-corrected chi connectivity index (χ1v) is 8.45. The van der Waals surface area contributed by atoms with Crippen molar-refractivity contribution in [1.82, 2.24) is 0 Å². The normalized spacial score (nSPS) is 14.2. The van der Waals surface area contributed by atoms with Crippen LogP contribution in [0.5, 0.6) is 0 Å². The minimum atomic E-state index is -2.45. The topological polar surface area (TPSA) is 27.7 Å². The Balaban J connectivity index is 4.12. The standard InChI is InChI=1S/C10H24O3SSi/c1-5-8-11-15(4,12-9-6-2)13-10(14)7-3/h10,14H,5-9H2,1-4H3. The van der Waals surface area contributed by atoms with Crippen molar-refractivity contribution in [3.8, 4) is 0 Å². The Morgan fingerprint density at radius 1 is 1.07 bits per heavy atom. The summed E-state index contributed by atoms with van der Waals surface area (Å²) in [6.07, 6.45) is 2.81. The predicted octanol–water partition coefficient (Wildman–Crippen LogP) is 3.09. The Bertz CT molecular complexity index is 150. The fourth-order valence-electron chi connectivity index (χ4n) is 1.02. The molecular weight excluding hydrogens is 228 g/mol. The highest BCUT2D eigenvalue weighted by atomic mass is 32.1. The van der Waals surface area contributed by atoms with E-state index in [2.05, 4.69) is 26.5 Å². The van der Waals surface area contributed by atoms with Crippen molar-refractivity contribution < 1.29 is 13.3 Å². The Kier molecular flexibility index (Phi) is 8.84. The van der Waals surface area contributed by atoms with Crippen LogP contribution in [-0.4, -0.2) is 27.5 Å². The van der Waals surface area contributed by atoms with Crippen molar-refractivity contribution in [2.75, 3.05) is 13.2 Å². The molecule has 0 saturated carbocycles. The molecule has 0 aliphatic rings. The summed E-state index contributed by atoms with van der Waals surface area (Å²) in [7, 11) is -2.45. The van der Waals surface area contributed by atoms with E-state index in [9.17, 15) is 0 Å². The highest BCUT2D eigenvalue weighted by molar-refractivity contribution is 7.80. The van der Waals surface area contributed by atoms with Gasteiger partial charge >= 0.3 is 8.80 Å². The molecule has 3 nitrogen and oxygen atoms in total. The van der Waals surface area contributed by atoms with E-state index in [-0.39, 0.29) is 5.44 Å². The molecule has 0 saturated heterocycles. The van der Waals surface area contributed by atoms with Gasteiger partial charge in [-0.3, -0.25) is 0 Å². The Morgan fingerprint density at radius 2 is 1.53 bits per heavy atom. The molecule has 0 aliphatic carbocycles. The molecule has 1 unspecified atom stereocenters. The van der Waals surface area contributed by atoms with E-state index < -0.39 is 8.80 Å². The lowest BCUT2D eigenvalue weighted by Gasteiger charge is -2.28. The largest absolute Gasteiger partial charge is 0.498 e. The maximum Gasteiger partial charge on any atom is 0.498 e. The van der Waals surface area contributed by atoms with Crippen LogP contribution in [0, 0.1) is 0 Å². The van der Waals surface area contributed by atoms with Crippen LogP contribution >= 0.6 is 12.6 Å². The van der Waals surface area contributed by atoms with Gasteiger partial charge in [0.1, 0.15) is 0 Å². The summed E-state index contributed by atoms with van der Waals surface area (Å²) in [4.78, 5) is 0. The fraction of sp³-hybridized carbons (Fsp3) is 1.00. The van der Waals surface area contributed by atoms with Crippen LogP contribution in [-0.2, 0) is 13.3 Å². The van der Waals surface area contributed by atoms with Gasteiger partial charge in [0.2, 0.25) is 0 Å². The van der Waals surface area contributed by atoms with E-state index in [1.165, 1.54) is 0 Å². The Morgan fingerprint density at radius 3 is 1.87 bits per heavy atom. The maximum absolute atomic E-state index is 5.75. The van der Waals surface area contributed by atoms with Crippen molar-refractivity contribution >= 4 is 21.4 Å². The average Bonchev–Trinajstić information content (AvgIpc) is 2.23. The van der Waals surface area contributed by atoms with Crippen LogP contribution in [0.2, 0.25) is 6.55 Å². The van der Waals surface area contributed by atoms with E-state index in [0.717, 1.165) is 19.3 Å².